The van der Waals surface area contributed by atoms with Crippen LogP contribution >= 0.6 is 0 Å². The first-order chi connectivity index (χ1) is 8.43. The number of hydrogen-bond donors (Lipinski definition) is 1. The number of aromatic nitrogens is 2. The van der Waals surface area contributed by atoms with Gasteiger partial charge in [0.15, 0.2) is 0 Å². The summed E-state index contributed by atoms with van der Waals surface area (Å²) < 4.78 is 0. The van der Waals surface area contributed by atoms with Crippen LogP contribution in [0.1, 0.15) is 11.3 Å². The minimum absolute atomic E-state index is 1.02. The van der Waals surface area contributed by atoms with E-state index in [1.165, 1.54) is 11.3 Å². The molecule has 3 heterocycles. The third kappa shape index (κ3) is 2.19. The highest BCUT2D eigenvalue weighted by Crippen LogP contribution is 2.19. The predicted molar refractivity (Wildman–Crippen MR) is 67.7 cm³/mol. The average molecular weight is 225 g/mol. The maximum Gasteiger partial charge on any atom is 0.0720 e. The summed E-state index contributed by atoms with van der Waals surface area (Å²) in [5.41, 5.74) is 4.73. The Hall–Kier alpha value is -1.74. The van der Waals surface area contributed by atoms with Crippen molar-refractivity contribution in [2.24, 2.45) is 0 Å². The van der Waals surface area contributed by atoms with Crippen LogP contribution < -0.4 is 5.32 Å². The van der Waals surface area contributed by atoms with Gasteiger partial charge in [-0.25, -0.2) is 0 Å². The van der Waals surface area contributed by atoms with E-state index in [2.05, 4.69) is 28.5 Å². The Balaban J connectivity index is 2.00. The third-order valence-electron chi connectivity index (χ3n) is 3.14. The van der Waals surface area contributed by atoms with E-state index in [4.69, 9.17) is 4.98 Å². The van der Waals surface area contributed by atoms with Gasteiger partial charge in [-0.3, -0.25) is 9.97 Å². The molecule has 0 atom stereocenters. The number of fused-ring (bicyclic) bond motifs is 1. The van der Waals surface area contributed by atoms with Crippen LogP contribution in [-0.4, -0.2) is 23.1 Å². The second-order valence-corrected chi connectivity index (χ2v) is 4.29. The Morgan fingerprint density at radius 3 is 2.88 bits per heavy atom. The molecule has 1 aliphatic rings. The Morgan fingerprint density at radius 2 is 2.00 bits per heavy atom. The molecule has 0 aliphatic carbocycles. The molecule has 86 valence electrons. The molecule has 0 bridgehead atoms. The summed E-state index contributed by atoms with van der Waals surface area (Å²) in [5.74, 6) is 0. The molecule has 2 aromatic heterocycles. The highest BCUT2D eigenvalue weighted by molar-refractivity contribution is 5.58. The first kappa shape index (κ1) is 10.4. The quantitative estimate of drug-likeness (QED) is 0.804. The summed E-state index contributed by atoms with van der Waals surface area (Å²) in [7, 11) is 0. The first-order valence-electron chi connectivity index (χ1n) is 6.03. The van der Waals surface area contributed by atoms with Crippen molar-refractivity contribution in [3.8, 4) is 11.3 Å². The van der Waals surface area contributed by atoms with Crippen LogP contribution in [0.2, 0.25) is 0 Å². The smallest absolute Gasteiger partial charge is 0.0720 e. The minimum atomic E-state index is 1.02. The molecule has 0 radical (unpaired) electrons. The van der Waals surface area contributed by atoms with Gasteiger partial charge in [0.2, 0.25) is 0 Å². The second-order valence-electron chi connectivity index (χ2n) is 4.29. The fourth-order valence-electron chi connectivity index (χ4n) is 2.20. The predicted octanol–water partition coefficient (Wildman–Crippen LogP) is 1.83. The molecule has 0 unspecified atom stereocenters. The standard InChI is InChI=1S/C14H15N3/c1-2-12(10-16-7-1)13-4-3-11-5-8-15-9-6-14(11)17-13/h1-4,7,10,15H,5-6,8-9H2. The van der Waals surface area contributed by atoms with Gasteiger partial charge in [0.1, 0.15) is 0 Å². The normalized spacial score (nSPS) is 15.1. The van der Waals surface area contributed by atoms with E-state index >= 15 is 0 Å². The number of nitrogens with one attached hydrogen (secondary N) is 1. The maximum absolute atomic E-state index is 4.76. The lowest BCUT2D eigenvalue weighted by Crippen LogP contribution is -2.16. The highest BCUT2D eigenvalue weighted by atomic mass is 14.9. The van der Waals surface area contributed by atoms with Crippen LogP contribution in [0.15, 0.2) is 36.7 Å². The first-order valence-corrected chi connectivity index (χ1v) is 6.03. The molecule has 0 saturated heterocycles. The van der Waals surface area contributed by atoms with Crippen molar-refractivity contribution in [2.75, 3.05) is 13.1 Å². The molecule has 1 N–H and O–H groups in total. The fraction of sp³-hybridized carbons (Fsp3) is 0.286. The SMILES string of the molecule is c1cncc(-c2ccc3c(n2)CCNCC3)c1. The summed E-state index contributed by atoms with van der Waals surface area (Å²) in [6.45, 7) is 2.08. The van der Waals surface area contributed by atoms with Crippen molar-refractivity contribution in [2.45, 2.75) is 12.8 Å². The Labute approximate surface area is 101 Å². The van der Waals surface area contributed by atoms with Gasteiger partial charge < -0.3 is 5.32 Å². The molecule has 2 aromatic rings. The zero-order valence-electron chi connectivity index (χ0n) is 9.69. The van der Waals surface area contributed by atoms with E-state index in [-0.39, 0.29) is 0 Å². The highest BCUT2D eigenvalue weighted by Gasteiger charge is 2.10. The molecule has 3 rings (SSSR count). The van der Waals surface area contributed by atoms with Gasteiger partial charge in [-0.15, -0.1) is 0 Å². The molecule has 0 aromatic carbocycles. The maximum atomic E-state index is 4.76. The van der Waals surface area contributed by atoms with E-state index < -0.39 is 0 Å². The number of hydrogen-bond acceptors (Lipinski definition) is 3. The van der Waals surface area contributed by atoms with Crippen molar-refractivity contribution in [3.05, 3.63) is 47.9 Å². The lowest BCUT2D eigenvalue weighted by molar-refractivity contribution is 0.708. The minimum Gasteiger partial charge on any atom is -0.316 e. The number of nitrogens with zero attached hydrogens (tertiary/aromatic N) is 2. The van der Waals surface area contributed by atoms with Crippen LogP contribution in [0.25, 0.3) is 11.3 Å². The largest absolute Gasteiger partial charge is 0.316 e. The van der Waals surface area contributed by atoms with Crippen molar-refractivity contribution >= 4 is 0 Å². The molecule has 0 saturated carbocycles. The van der Waals surface area contributed by atoms with E-state index in [1.807, 2.05) is 12.3 Å². The average Bonchev–Trinajstić information content (AvgIpc) is 2.64. The van der Waals surface area contributed by atoms with Crippen molar-refractivity contribution in [3.63, 3.8) is 0 Å². The van der Waals surface area contributed by atoms with Gasteiger partial charge in [-0.05, 0) is 36.7 Å². The van der Waals surface area contributed by atoms with Gasteiger partial charge in [0, 0.05) is 36.6 Å². The van der Waals surface area contributed by atoms with Gasteiger partial charge in [-0.2, -0.15) is 0 Å². The monoisotopic (exact) mass is 225 g/mol. The molecular formula is C14H15N3. The van der Waals surface area contributed by atoms with E-state index in [0.717, 1.165) is 37.2 Å². The Kier molecular flexibility index (Phi) is 2.84. The summed E-state index contributed by atoms with van der Waals surface area (Å²) in [4.78, 5) is 8.90. The van der Waals surface area contributed by atoms with Crippen LogP contribution in [0.4, 0.5) is 0 Å². The third-order valence-corrected chi connectivity index (χ3v) is 3.14. The van der Waals surface area contributed by atoms with Crippen LogP contribution in [0.3, 0.4) is 0 Å². The molecule has 0 spiro atoms. The lowest BCUT2D eigenvalue weighted by atomic mass is 10.1. The van der Waals surface area contributed by atoms with Crippen LogP contribution in [0.5, 0.6) is 0 Å². The van der Waals surface area contributed by atoms with Gasteiger partial charge in [0.25, 0.3) is 0 Å². The second kappa shape index (κ2) is 4.63. The van der Waals surface area contributed by atoms with Crippen molar-refractivity contribution < 1.29 is 0 Å². The lowest BCUT2D eigenvalue weighted by Gasteiger charge is -2.07. The van der Waals surface area contributed by atoms with Crippen LogP contribution in [0, 0.1) is 0 Å². The van der Waals surface area contributed by atoms with Gasteiger partial charge in [-0.1, -0.05) is 6.07 Å². The molecule has 3 heteroatoms. The van der Waals surface area contributed by atoms with Crippen molar-refractivity contribution in [1.29, 1.82) is 0 Å². The summed E-state index contributed by atoms with van der Waals surface area (Å²) in [6.07, 6.45) is 5.75. The fourth-order valence-corrected chi connectivity index (χ4v) is 2.20. The Bertz CT molecular complexity index is 508. The molecule has 3 nitrogen and oxygen atoms in total. The van der Waals surface area contributed by atoms with E-state index in [9.17, 15) is 0 Å². The topological polar surface area (TPSA) is 37.8 Å². The molecule has 17 heavy (non-hydrogen) atoms. The van der Waals surface area contributed by atoms with Gasteiger partial charge >= 0.3 is 0 Å². The summed E-state index contributed by atoms with van der Waals surface area (Å²) in [5, 5.41) is 3.40. The summed E-state index contributed by atoms with van der Waals surface area (Å²) in [6, 6.07) is 8.31. The Morgan fingerprint density at radius 1 is 1.06 bits per heavy atom. The number of pyridine rings is 2. The molecule has 1 aliphatic heterocycles. The number of rotatable bonds is 1. The van der Waals surface area contributed by atoms with Crippen LogP contribution in [-0.2, 0) is 12.8 Å². The molecular weight excluding hydrogens is 210 g/mol. The van der Waals surface area contributed by atoms with E-state index in [0.29, 0.717) is 0 Å². The molecule has 0 amide bonds. The van der Waals surface area contributed by atoms with Gasteiger partial charge in [0.05, 0.1) is 5.69 Å². The molecule has 0 fully saturated rings. The van der Waals surface area contributed by atoms with Crippen molar-refractivity contribution in [1.82, 2.24) is 15.3 Å². The zero-order chi connectivity index (χ0) is 11.5. The van der Waals surface area contributed by atoms with E-state index in [1.54, 1.807) is 6.20 Å². The summed E-state index contributed by atoms with van der Waals surface area (Å²) >= 11 is 0. The zero-order valence-corrected chi connectivity index (χ0v) is 9.69.